The van der Waals surface area contributed by atoms with Gasteiger partial charge in [0.15, 0.2) is 5.78 Å². The number of esters is 1. The van der Waals surface area contributed by atoms with Crippen molar-refractivity contribution >= 4 is 22.7 Å². The fourth-order valence-electron chi connectivity index (χ4n) is 2.84. The lowest BCUT2D eigenvalue weighted by Gasteiger charge is -2.05. The van der Waals surface area contributed by atoms with Gasteiger partial charge in [-0.05, 0) is 37.6 Å². The van der Waals surface area contributed by atoms with E-state index >= 15 is 0 Å². The lowest BCUT2D eigenvalue weighted by molar-refractivity contribution is 0.0527. The molecule has 0 fully saturated rings. The molecule has 0 aliphatic heterocycles. The number of hydrogen-bond acceptors (Lipinski definition) is 3. The number of Topliss-reactive ketones (excluding diaryl/α,β-unsaturated/α-hetero) is 1. The Morgan fingerprint density at radius 1 is 1.08 bits per heavy atom. The molecule has 1 N–H and O–H groups in total. The minimum absolute atomic E-state index is 0.0301. The van der Waals surface area contributed by atoms with Crippen LogP contribution < -0.4 is 0 Å². The summed E-state index contributed by atoms with van der Waals surface area (Å²) in [6.45, 7) is 3.61. The van der Waals surface area contributed by atoms with Gasteiger partial charge < -0.3 is 9.72 Å². The first-order chi connectivity index (χ1) is 11.6. The molecule has 4 nitrogen and oxygen atoms in total. The number of benzene rings is 2. The number of rotatable bonds is 5. The highest BCUT2D eigenvalue weighted by atomic mass is 16.5. The Kier molecular flexibility index (Phi) is 4.47. The van der Waals surface area contributed by atoms with E-state index in [2.05, 4.69) is 4.98 Å². The molecule has 1 aromatic heterocycles. The molecule has 2 aromatic carbocycles. The van der Waals surface area contributed by atoms with Crippen LogP contribution in [0.4, 0.5) is 0 Å². The van der Waals surface area contributed by atoms with E-state index in [1.165, 1.54) is 6.92 Å². The summed E-state index contributed by atoms with van der Waals surface area (Å²) in [6.07, 6.45) is 0.596. The van der Waals surface area contributed by atoms with Gasteiger partial charge in [0.2, 0.25) is 0 Å². The molecule has 0 aliphatic rings. The summed E-state index contributed by atoms with van der Waals surface area (Å²) in [7, 11) is 0. The second kappa shape index (κ2) is 6.71. The molecule has 4 heteroatoms. The van der Waals surface area contributed by atoms with Crippen molar-refractivity contribution in [1.82, 2.24) is 4.98 Å². The van der Waals surface area contributed by atoms with Crippen LogP contribution in [0.25, 0.3) is 10.9 Å². The first-order valence-corrected chi connectivity index (χ1v) is 7.96. The fraction of sp³-hybridized carbons (Fsp3) is 0.200. The Hall–Kier alpha value is -2.88. The van der Waals surface area contributed by atoms with Crippen LogP contribution in [0.2, 0.25) is 0 Å². The zero-order chi connectivity index (χ0) is 17.1. The third-order valence-electron chi connectivity index (χ3n) is 3.99. The average Bonchev–Trinajstić information content (AvgIpc) is 2.92. The number of nitrogens with one attached hydrogen (secondary N) is 1. The summed E-state index contributed by atoms with van der Waals surface area (Å²) in [5.41, 5.74) is 3.82. The number of hydrogen-bond donors (Lipinski definition) is 1. The van der Waals surface area contributed by atoms with Crippen molar-refractivity contribution < 1.29 is 14.3 Å². The first kappa shape index (κ1) is 16.0. The van der Waals surface area contributed by atoms with Gasteiger partial charge in [0, 0.05) is 28.6 Å². The quantitative estimate of drug-likeness (QED) is 0.567. The second-order valence-electron chi connectivity index (χ2n) is 5.68. The van der Waals surface area contributed by atoms with Gasteiger partial charge in [-0.25, -0.2) is 4.79 Å². The third-order valence-corrected chi connectivity index (χ3v) is 3.99. The predicted molar refractivity (Wildman–Crippen MR) is 93.5 cm³/mol. The molecular weight excluding hydrogens is 302 g/mol. The number of aromatic nitrogens is 1. The van der Waals surface area contributed by atoms with Gasteiger partial charge in [-0.15, -0.1) is 0 Å². The number of ether oxygens (including phenoxy) is 1. The van der Waals surface area contributed by atoms with E-state index in [-0.39, 0.29) is 11.8 Å². The predicted octanol–water partition coefficient (Wildman–Crippen LogP) is 4.14. The van der Waals surface area contributed by atoms with Gasteiger partial charge in [0.1, 0.15) is 0 Å². The summed E-state index contributed by atoms with van der Waals surface area (Å²) in [5, 5.41) is 0.729. The lowest BCUT2D eigenvalue weighted by Crippen LogP contribution is -2.07. The molecule has 0 atom stereocenters. The Balaban J connectivity index is 2.14. The van der Waals surface area contributed by atoms with E-state index in [1.54, 1.807) is 19.1 Å². The van der Waals surface area contributed by atoms with Crippen molar-refractivity contribution in [2.75, 3.05) is 6.61 Å². The van der Waals surface area contributed by atoms with Crippen LogP contribution in [-0.4, -0.2) is 23.3 Å². The molecule has 0 saturated heterocycles. The van der Waals surface area contributed by atoms with E-state index in [1.807, 2.05) is 36.4 Å². The Morgan fingerprint density at radius 2 is 1.83 bits per heavy atom. The monoisotopic (exact) mass is 321 g/mol. The van der Waals surface area contributed by atoms with Gasteiger partial charge in [0.25, 0.3) is 0 Å². The highest BCUT2D eigenvalue weighted by Crippen LogP contribution is 2.26. The van der Waals surface area contributed by atoms with Crippen LogP contribution in [0.5, 0.6) is 0 Å². The van der Waals surface area contributed by atoms with Crippen LogP contribution in [0.1, 0.15) is 45.8 Å². The maximum absolute atomic E-state index is 12.5. The van der Waals surface area contributed by atoms with Crippen molar-refractivity contribution in [3.63, 3.8) is 0 Å². The van der Waals surface area contributed by atoms with Crippen LogP contribution >= 0.6 is 0 Å². The van der Waals surface area contributed by atoms with Gasteiger partial charge in [0.05, 0.1) is 12.2 Å². The largest absolute Gasteiger partial charge is 0.462 e. The SMILES string of the molecule is CCOC(=O)c1c(Cc2ccccc2)[nH]c2ccc(C(C)=O)cc12. The molecule has 1 heterocycles. The van der Waals surface area contributed by atoms with Crippen LogP contribution in [0.3, 0.4) is 0 Å². The summed E-state index contributed by atoms with van der Waals surface area (Å²) >= 11 is 0. The maximum Gasteiger partial charge on any atom is 0.340 e. The van der Waals surface area contributed by atoms with E-state index < -0.39 is 0 Å². The minimum atomic E-state index is -0.365. The molecular formula is C20H19NO3. The molecule has 0 unspecified atom stereocenters. The number of carbonyl (C=O) groups excluding carboxylic acids is 2. The van der Waals surface area contributed by atoms with Crippen LogP contribution in [-0.2, 0) is 11.2 Å². The maximum atomic E-state index is 12.5. The molecule has 122 valence electrons. The van der Waals surface area contributed by atoms with Crippen molar-refractivity contribution in [2.24, 2.45) is 0 Å². The molecule has 0 bridgehead atoms. The standard InChI is InChI=1S/C20H19NO3/c1-3-24-20(23)19-16-12-15(13(2)22)9-10-17(16)21-18(19)11-14-7-5-4-6-8-14/h4-10,12,21H,3,11H2,1-2H3. The minimum Gasteiger partial charge on any atom is -0.462 e. The van der Waals surface area contributed by atoms with Crippen molar-refractivity contribution in [3.8, 4) is 0 Å². The molecule has 3 rings (SSSR count). The highest BCUT2D eigenvalue weighted by molar-refractivity contribution is 6.08. The Labute approximate surface area is 140 Å². The summed E-state index contributed by atoms with van der Waals surface area (Å²) < 4.78 is 5.23. The number of fused-ring (bicyclic) bond motifs is 1. The lowest BCUT2D eigenvalue weighted by atomic mass is 10.0. The first-order valence-electron chi connectivity index (χ1n) is 7.96. The molecule has 24 heavy (non-hydrogen) atoms. The number of H-pyrrole nitrogens is 1. The normalized spacial score (nSPS) is 10.8. The zero-order valence-electron chi connectivity index (χ0n) is 13.8. The van der Waals surface area contributed by atoms with Crippen molar-refractivity contribution in [1.29, 1.82) is 0 Å². The summed E-state index contributed by atoms with van der Waals surface area (Å²) in [5.74, 6) is -0.395. The molecule has 0 spiro atoms. The third kappa shape index (κ3) is 3.08. The molecule has 0 aliphatic carbocycles. The van der Waals surface area contributed by atoms with E-state index in [0.29, 0.717) is 24.2 Å². The number of ketones is 1. The van der Waals surface area contributed by atoms with Crippen LogP contribution in [0, 0.1) is 0 Å². The second-order valence-corrected chi connectivity index (χ2v) is 5.68. The topological polar surface area (TPSA) is 59.2 Å². The van der Waals surface area contributed by atoms with Crippen molar-refractivity contribution in [3.05, 3.63) is 70.9 Å². The number of aromatic amines is 1. The average molecular weight is 321 g/mol. The van der Waals surface area contributed by atoms with Gasteiger partial charge >= 0.3 is 5.97 Å². The Bertz CT molecular complexity index is 894. The van der Waals surface area contributed by atoms with Gasteiger partial charge in [-0.2, -0.15) is 0 Å². The Morgan fingerprint density at radius 3 is 2.50 bits per heavy atom. The molecule has 0 amide bonds. The number of carbonyl (C=O) groups is 2. The van der Waals surface area contributed by atoms with Gasteiger partial charge in [-0.3, -0.25) is 4.79 Å². The summed E-state index contributed by atoms with van der Waals surface area (Å²) in [6, 6.07) is 15.3. The molecule has 0 saturated carbocycles. The zero-order valence-corrected chi connectivity index (χ0v) is 13.8. The van der Waals surface area contributed by atoms with E-state index in [0.717, 1.165) is 22.2 Å². The smallest absolute Gasteiger partial charge is 0.340 e. The van der Waals surface area contributed by atoms with E-state index in [9.17, 15) is 9.59 Å². The molecule has 0 radical (unpaired) electrons. The van der Waals surface area contributed by atoms with Crippen molar-refractivity contribution in [2.45, 2.75) is 20.3 Å². The highest BCUT2D eigenvalue weighted by Gasteiger charge is 2.20. The summed E-state index contributed by atoms with van der Waals surface area (Å²) in [4.78, 5) is 27.5. The fourth-order valence-corrected chi connectivity index (χ4v) is 2.84. The van der Waals surface area contributed by atoms with Crippen LogP contribution in [0.15, 0.2) is 48.5 Å². The molecule has 3 aromatic rings. The van der Waals surface area contributed by atoms with E-state index in [4.69, 9.17) is 4.74 Å². The van der Waals surface area contributed by atoms with Gasteiger partial charge in [-0.1, -0.05) is 30.3 Å².